The second-order valence-corrected chi connectivity index (χ2v) is 7.51. The van der Waals surface area contributed by atoms with Crippen molar-refractivity contribution in [2.45, 2.75) is 20.3 Å². The van der Waals surface area contributed by atoms with Gasteiger partial charge in [0.15, 0.2) is 0 Å². The molecule has 2 aromatic heterocycles. The summed E-state index contributed by atoms with van der Waals surface area (Å²) in [5.74, 6) is 0.552. The summed E-state index contributed by atoms with van der Waals surface area (Å²) < 4.78 is 1.70. The van der Waals surface area contributed by atoms with Gasteiger partial charge in [-0.2, -0.15) is 9.78 Å². The lowest BCUT2D eigenvalue weighted by atomic mass is 10.1. The van der Waals surface area contributed by atoms with Gasteiger partial charge in [-0.15, -0.1) is 11.3 Å². The maximum Gasteiger partial charge on any atom is 0.229 e. The first-order valence-corrected chi connectivity index (χ1v) is 9.90. The summed E-state index contributed by atoms with van der Waals surface area (Å²) in [4.78, 5) is 17.2. The molecule has 0 bridgehead atoms. The molecule has 0 spiro atoms. The van der Waals surface area contributed by atoms with Crippen molar-refractivity contribution in [3.8, 4) is 16.4 Å². The van der Waals surface area contributed by atoms with E-state index < -0.39 is 0 Å². The van der Waals surface area contributed by atoms with Gasteiger partial charge in [0, 0.05) is 17.0 Å². The Kier molecular flexibility index (Phi) is 5.04. The molecule has 6 heteroatoms. The zero-order valence-electron chi connectivity index (χ0n) is 15.7. The van der Waals surface area contributed by atoms with Crippen molar-refractivity contribution in [2.75, 3.05) is 5.32 Å². The molecule has 5 nitrogen and oxygen atoms in total. The molecule has 0 aliphatic carbocycles. The van der Waals surface area contributed by atoms with E-state index in [9.17, 15) is 4.79 Å². The number of hydrogen-bond donors (Lipinski definition) is 1. The van der Waals surface area contributed by atoms with Crippen molar-refractivity contribution < 1.29 is 4.79 Å². The molecule has 0 aliphatic heterocycles. The van der Waals surface area contributed by atoms with Crippen molar-refractivity contribution in [1.29, 1.82) is 0 Å². The van der Waals surface area contributed by atoms with Crippen LogP contribution in [0.15, 0.2) is 66.0 Å². The second kappa shape index (κ2) is 7.78. The molecule has 0 aliphatic rings. The van der Waals surface area contributed by atoms with Gasteiger partial charge in [-0.1, -0.05) is 60.2 Å². The van der Waals surface area contributed by atoms with Gasteiger partial charge in [0.2, 0.25) is 11.0 Å². The van der Waals surface area contributed by atoms with E-state index in [2.05, 4.69) is 10.4 Å². The highest BCUT2D eigenvalue weighted by Crippen LogP contribution is 2.26. The third-order valence-corrected chi connectivity index (χ3v) is 5.11. The number of aromatic nitrogens is 3. The molecule has 0 unspecified atom stereocenters. The molecule has 4 rings (SSSR count). The van der Waals surface area contributed by atoms with Gasteiger partial charge in [-0.25, -0.2) is 4.98 Å². The van der Waals surface area contributed by atoms with Gasteiger partial charge >= 0.3 is 0 Å². The summed E-state index contributed by atoms with van der Waals surface area (Å²) in [6, 6.07) is 19.8. The Morgan fingerprint density at radius 2 is 1.89 bits per heavy atom. The zero-order valence-corrected chi connectivity index (χ0v) is 16.5. The summed E-state index contributed by atoms with van der Waals surface area (Å²) in [5, 5.41) is 10.2. The van der Waals surface area contributed by atoms with Crippen LogP contribution in [0, 0.1) is 13.8 Å². The monoisotopic (exact) mass is 388 g/mol. The van der Waals surface area contributed by atoms with Crippen molar-refractivity contribution >= 4 is 23.1 Å². The molecule has 140 valence electrons. The fraction of sp³-hybridized carbons (Fsp3) is 0.136. The lowest BCUT2D eigenvalue weighted by molar-refractivity contribution is -0.115. The van der Waals surface area contributed by atoms with Crippen LogP contribution in [0.5, 0.6) is 0 Å². The Hall–Kier alpha value is -3.25. The first-order chi connectivity index (χ1) is 13.6. The normalized spacial score (nSPS) is 10.8. The minimum atomic E-state index is -0.0772. The highest BCUT2D eigenvalue weighted by Gasteiger charge is 2.14. The molecule has 28 heavy (non-hydrogen) atoms. The first-order valence-electron chi connectivity index (χ1n) is 9.02. The largest absolute Gasteiger partial charge is 0.310 e. The Balaban J connectivity index is 1.56. The number of rotatable bonds is 5. The quantitative estimate of drug-likeness (QED) is 0.534. The van der Waals surface area contributed by atoms with Crippen LogP contribution < -0.4 is 5.32 Å². The number of thiazole rings is 1. The molecule has 0 saturated carbocycles. The average Bonchev–Trinajstić information content (AvgIpc) is 3.29. The minimum absolute atomic E-state index is 0.0772. The van der Waals surface area contributed by atoms with Gasteiger partial charge in [0.05, 0.1) is 17.8 Å². The molecular formula is C22H20N4OS. The van der Waals surface area contributed by atoms with Gasteiger partial charge in [0.1, 0.15) is 5.82 Å². The Morgan fingerprint density at radius 1 is 1.07 bits per heavy atom. The highest BCUT2D eigenvalue weighted by atomic mass is 32.1. The zero-order chi connectivity index (χ0) is 19.5. The maximum absolute atomic E-state index is 12.5. The van der Waals surface area contributed by atoms with Crippen LogP contribution >= 0.6 is 11.3 Å². The van der Waals surface area contributed by atoms with E-state index in [0.29, 0.717) is 12.2 Å². The average molecular weight is 388 g/mol. The van der Waals surface area contributed by atoms with E-state index in [1.54, 1.807) is 4.68 Å². The summed E-state index contributed by atoms with van der Waals surface area (Å²) in [7, 11) is 0. The molecule has 2 aromatic carbocycles. The van der Waals surface area contributed by atoms with Crippen LogP contribution in [0.1, 0.15) is 16.8 Å². The summed E-state index contributed by atoms with van der Waals surface area (Å²) in [6.45, 7) is 3.92. The molecule has 1 N–H and O–H groups in total. The smallest absolute Gasteiger partial charge is 0.229 e. The third-order valence-electron chi connectivity index (χ3n) is 4.29. The van der Waals surface area contributed by atoms with Crippen LogP contribution in [0.25, 0.3) is 16.4 Å². The van der Waals surface area contributed by atoms with E-state index in [1.807, 2.05) is 79.9 Å². The van der Waals surface area contributed by atoms with Crippen LogP contribution in [-0.2, 0) is 11.2 Å². The van der Waals surface area contributed by atoms with E-state index >= 15 is 0 Å². The molecule has 0 saturated heterocycles. The Morgan fingerprint density at radius 3 is 2.68 bits per heavy atom. The fourth-order valence-corrected chi connectivity index (χ4v) is 3.83. The van der Waals surface area contributed by atoms with Crippen molar-refractivity contribution in [3.05, 3.63) is 82.9 Å². The summed E-state index contributed by atoms with van der Waals surface area (Å²) >= 11 is 1.50. The van der Waals surface area contributed by atoms with E-state index in [0.717, 1.165) is 33.2 Å². The SMILES string of the molecule is Cc1cccc(CC(=O)Nc2cc(C)nn2-c2nc(-c3ccccc3)cs2)c1. The molecule has 4 aromatic rings. The van der Waals surface area contributed by atoms with Crippen LogP contribution in [-0.4, -0.2) is 20.7 Å². The van der Waals surface area contributed by atoms with Crippen LogP contribution in [0.3, 0.4) is 0 Å². The summed E-state index contributed by atoms with van der Waals surface area (Å²) in [5.41, 5.74) is 4.90. The molecule has 0 radical (unpaired) electrons. The maximum atomic E-state index is 12.5. The Labute approximate surface area is 167 Å². The number of amides is 1. The van der Waals surface area contributed by atoms with E-state index in [-0.39, 0.29) is 5.91 Å². The molecule has 2 heterocycles. The number of nitrogens with one attached hydrogen (secondary N) is 1. The number of aryl methyl sites for hydroxylation is 2. The predicted molar refractivity (Wildman–Crippen MR) is 113 cm³/mol. The van der Waals surface area contributed by atoms with Crippen molar-refractivity contribution in [2.24, 2.45) is 0 Å². The topological polar surface area (TPSA) is 59.8 Å². The first kappa shape index (κ1) is 18.1. The second-order valence-electron chi connectivity index (χ2n) is 6.68. The van der Waals surface area contributed by atoms with Crippen molar-refractivity contribution in [3.63, 3.8) is 0 Å². The molecular weight excluding hydrogens is 368 g/mol. The third kappa shape index (κ3) is 4.02. The van der Waals surface area contributed by atoms with Gasteiger partial charge in [-0.3, -0.25) is 4.79 Å². The number of carbonyl (C=O) groups excluding carboxylic acids is 1. The summed E-state index contributed by atoms with van der Waals surface area (Å²) in [6.07, 6.45) is 0.318. The highest BCUT2D eigenvalue weighted by molar-refractivity contribution is 7.12. The molecule has 0 atom stereocenters. The number of anilines is 1. The lowest BCUT2D eigenvalue weighted by Gasteiger charge is -2.07. The van der Waals surface area contributed by atoms with E-state index in [4.69, 9.17) is 4.98 Å². The van der Waals surface area contributed by atoms with Gasteiger partial charge < -0.3 is 5.32 Å². The van der Waals surface area contributed by atoms with Crippen LogP contribution in [0.2, 0.25) is 0 Å². The number of nitrogens with zero attached hydrogens (tertiary/aromatic N) is 3. The minimum Gasteiger partial charge on any atom is -0.310 e. The van der Waals surface area contributed by atoms with E-state index in [1.165, 1.54) is 11.3 Å². The van der Waals surface area contributed by atoms with Gasteiger partial charge in [-0.05, 0) is 19.4 Å². The predicted octanol–water partition coefficient (Wildman–Crippen LogP) is 4.79. The number of hydrogen-bond acceptors (Lipinski definition) is 4. The van der Waals surface area contributed by atoms with Crippen LogP contribution in [0.4, 0.5) is 5.82 Å². The number of carbonyl (C=O) groups is 1. The number of benzene rings is 2. The Bertz CT molecular complexity index is 1110. The molecule has 0 fully saturated rings. The fourth-order valence-electron chi connectivity index (χ4n) is 3.03. The van der Waals surface area contributed by atoms with Gasteiger partial charge in [0.25, 0.3) is 0 Å². The lowest BCUT2D eigenvalue weighted by Crippen LogP contribution is -2.17. The standard InChI is InChI=1S/C22H20N4OS/c1-15-7-6-8-17(11-15)13-21(27)24-20-12-16(2)25-26(20)22-23-19(14-28-22)18-9-4-3-5-10-18/h3-12,14H,13H2,1-2H3,(H,24,27). The van der Waals surface area contributed by atoms with Crippen molar-refractivity contribution in [1.82, 2.24) is 14.8 Å². The molecule has 1 amide bonds.